The van der Waals surface area contributed by atoms with Gasteiger partial charge in [-0.1, -0.05) is 30.9 Å². The molecule has 0 aliphatic heterocycles. The molecule has 0 saturated heterocycles. The highest BCUT2D eigenvalue weighted by atomic mass is 35.5. The molecule has 0 aromatic carbocycles. The van der Waals surface area contributed by atoms with E-state index in [9.17, 15) is 0 Å². The predicted octanol–water partition coefficient (Wildman–Crippen LogP) is 4.18. The molecule has 0 amide bonds. The van der Waals surface area contributed by atoms with Crippen molar-refractivity contribution in [3.63, 3.8) is 0 Å². The van der Waals surface area contributed by atoms with Gasteiger partial charge in [0.25, 0.3) is 0 Å². The van der Waals surface area contributed by atoms with E-state index < -0.39 is 0 Å². The van der Waals surface area contributed by atoms with E-state index in [1.807, 2.05) is 18.3 Å². The second-order valence-corrected chi connectivity index (χ2v) is 5.65. The van der Waals surface area contributed by atoms with Gasteiger partial charge in [0.05, 0.1) is 6.20 Å². The molecule has 0 unspecified atom stereocenters. The second kappa shape index (κ2) is 5.74. The van der Waals surface area contributed by atoms with Gasteiger partial charge < -0.3 is 0 Å². The van der Waals surface area contributed by atoms with E-state index in [1.54, 1.807) is 6.20 Å². The summed E-state index contributed by atoms with van der Waals surface area (Å²) >= 11 is 6.11. The summed E-state index contributed by atoms with van der Waals surface area (Å²) in [5, 5.41) is 5.00. The second-order valence-electron chi connectivity index (χ2n) is 5.30. The number of rotatable bonds is 3. The van der Waals surface area contributed by atoms with E-state index in [0.29, 0.717) is 5.15 Å². The minimum Gasteiger partial charge on any atom is -0.272 e. The molecular formula is C15H18ClN3. The molecule has 0 radical (unpaired) electrons. The van der Waals surface area contributed by atoms with E-state index in [-0.39, 0.29) is 0 Å². The maximum Gasteiger partial charge on any atom is 0.136 e. The Morgan fingerprint density at radius 3 is 2.89 bits per heavy atom. The van der Waals surface area contributed by atoms with Crippen molar-refractivity contribution in [1.29, 1.82) is 0 Å². The normalized spacial score (nSPS) is 16.7. The molecule has 0 bridgehead atoms. The van der Waals surface area contributed by atoms with Crippen molar-refractivity contribution in [1.82, 2.24) is 14.8 Å². The van der Waals surface area contributed by atoms with Gasteiger partial charge in [-0.3, -0.25) is 4.68 Å². The number of nitrogens with zero attached hydrogens (tertiary/aromatic N) is 3. The van der Waals surface area contributed by atoms with Crippen molar-refractivity contribution in [3.05, 3.63) is 35.9 Å². The predicted molar refractivity (Wildman–Crippen MR) is 77.0 cm³/mol. The third-order valence-electron chi connectivity index (χ3n) is 3.87. The molecule has 0 spiro atoms. The molecule has 1 aliphatic rings. The summed E-state index contributed by atoms with van der Waals surface area (Å²) in [6.45, 7) is 1.03. The molecule has 0 atom stereocenters. The number of hydrogen-bond acceptors (Lipinski definition) is 2. The lowest BCUT2D eigenvalue weighted by molar-refractivity contribution is 0.308. The molecule has 1 aliphatic carbocycles. The zero-order valence-corrected chi connectivity index (χ0v) is 11.7. The molecule has 1 fully saturated rings. The van der Waals surface area contributed by atoms with Crippen LogP contribution in [0.4, 0.5) is 0 Å². The Morgan fingerprint density at radius 1 is 1.26 bits per heavy atom. The molecule has 2 aromatic rings. The van der Waals surface area contributed by atoms with Gasteiger partial charge in [-0.2, -0.15) is 5.10 Å². The average molecular weight is 276 g/mol. The smallest absolute Gasteiger partial charge is 0.136 e. The maximum atomic E-state index is 6.11. The monoisotopic (exact) mass is 275 g/mol. The van der Waals surface area contributed by atoms with Gasteiger partial charge in [-0.25, -0.2) is 4.98 Å². The van der Waals surface area contributed by atoms with E-state index in [1.165, 1.54) is 32.1 Å². The Bertz CT molecular complexity index is 544. The van der Waals surface area contributed by atoms with Crippen LogP contribution in [0.25, 0.3) is 11.1 Å². The molecule has 1 saturated carbocycles. The number of aromatic nitrogens is 3. The van der Waals surface area contributed by atoms with Gasteiger partial charge in [0.15, 0.2) is 0 Å². The van der Waals surface area contributed by atoms with Crippen molar-refractivity contribution in [3.8, 4) is 11.1 Å². The van der Waals surface area contributed by atoms with Crippen LogP contribution in [0.3, 0.4) is 0 Å². The standard InChI is InChI=1S/C15H18ClN3/c16-15-14(7-4-8-17-15)13-9-18-19(11-13)10-12-5-2-1-3-6-12/h4,7-9,11-12H,1-3,5-6,10H2. The third-order valence-corrected chi connectivity index (χ3v) is 4.17. The Morgan fingerprint density at radius 2 is 2.11 bits per heavy atom. The fourth-order valence-electron chi connectivity index (χ4n) is 2.84. The Labute approximate surface area is 118 Å². The third kappa shape index (κ3) is 2.98. The quantitative estimate of drug-likeness (QED) is 0.787. The Hall–Kier alpha value is -1.35. The maximum absolute atomic E-state index is 6.11. The number of pyridine rings is 1. The highest BCUT2D eigenvalue weighted by Crippen LogP contribution is 2.27. The minimum absolute atomic E-state index is 0.541. The highest BCUT2D eigenvalue weighted by molar-refractivity contribution is 6.32. The van der Waals surface area contributed by atoms with Crippen LogP contribution in [0, 0.1) is 5.92 Å². The van der Waals surface area contributed by atoms with Crippen molar-refractivity contribution in [2.24, 2.45) is 5.92 Å². The summed E-state index contributed by atoms with van der Waals surface area (Å²) in [6, 6.07) is 3.89. The van der Waals surface area contributed by atoms with E-state index in [0.717, 1.165) is 23.6 Å². The van der Waals surface area contributed by atoms with Gasteiger partial charge in [0, 0.05) is 30.1 Å². The van der Waals surface area contributed by atoms with Crippen LogP contribution in [-0.4, -0.2) is 14.8 Å². The zero-order chi connectivity index (χ0) is 13.1. The molecule has 4 heteroatoms. The molecule has 19 heavy (non-hydrogen) atoms. The fraction of sp³-hybridized carbons (Fsp3) is 0.467. The summed E-state index contributed by atoms with van der Waals surface area (Å²) in [4.78, 5) is 4.11. The topological polar surface area (TPSA) is 30.7 Å². The van der Waals surface area contributed by atoms with Gasteiger partial charge in [0.1, 0.15) is 5.15 Å². The molecule has 100 valence electrons. The molecule has 2 aromatic heterocycles. The molecule has 2 heterocycles. The lowest BCUT2D eigenvalue weighted by atomic mass is 9.89. The lowest BCUT2D eigenvalue weighted by Gasteiger charge is -2.21. The first-order valence-electron chi connectivity index (χ1n) is 6.96. The summed E-state index contributed by atoms with van der Waals surface area (Å²) in [5.74, 6) is 0.783. The van der Waals surface area contributed by atoms with Crippen molar-refractivity contribution in [2.75, 3.05) is 0 Å². The first-order chi connectivity index (χ1) is 9.33. The largest absolute Gasteiger partial charge is 0.272 e. The van der Waals surface area contributed by atoms with Crippen LogP contribution in [0.2, 0.25) is 5.15 Å². The molecule has 3 rings (SSSR count). The number of hydrogen-bond donors (Lipinski definition) is 0. The van der Waals surface area contributed by atoms with E-state index in [4.69, 9.17) is 11.6 Å². The summed E-state index contributed by atoms with van der Waals surface area (Å²) in [5.41, 5.74) is 2.01. The summed E-state index contributed by atoms with van der Waals surface area (Å²) in [7, 11) is 0. The summed E-state index contributed by atoms with van der Waals surface area (Å²) in [6.07, 6.45) is 12.5. The molecule has 0 N–H and O–H groups in total. The van der Waals surface area contributed by atoms with Crippen molar-refractivity contribution in [2.45, 2.75) is 38.6 Å². The fourth-order valence-corrected chi connectivity index (χ4v) is 3.07. The van der Waals surface area contributed by atoms with Gasteiger partial charge in [-0.15, -0.1) is 0 Å². The zero-order valence-electron chi connectivity index (χ0n) is 10.9. The first kappa shape index (κ1) is 12.7. The molecular weight excluding hydrogens is 258 g/mol. The van der Waals surface area contributed by atoms with Crippen molar-refractivity contribution >= 4 is 11.6 Å². The SMILES string of the molecule is Clc1ncccc1-c1cnn(CC2CCCCC2)c1. The van der Waals surface area contributed by atoms with Gasteiger partial charge in [-0.05, 0) is 30.9 Å². The van der Waals surface area contributed by atoms with Crippen LogP contribution < -0.4 is 0 Å². The highest BCUT2D eigenvalue weighted by Gasteiger charge is 2.15. The van der Waals surface area contributed by atoms with Gasteiger partial charge in [0.2, 0.25) is 0 Å². The minimum atomic E-state index is 0.541. The van der Waals surface area contributed by atoms with E-state index >= 15 is 0 Å². The summed E-state index contributed by atoms with van der Waals surface area (Å²) < 4.78 is 2.05. The van der Waals surface area contributed by atoms with Gasteiger partial charge >= 0.3 is 0 Å². The van der Waals surface area contributed by atoms with Crippen LogP contribution in [0.1, 0.15) is 32.1 Å². The average Bonchev–Trinajstić information content (AvgIpc) is 2.89. The Kier molecular flexibility index (Phi) is 3.83. The van der Waals surface area contributed by atoms with Crippen LogP contribution in [0.5, 0.6) is 0 Å². The van der Waals surface area contributed by atoms with Crippen LogP contribution >= 0.6 is 11.6 Å². The molecule has 3 nitrogen and oxygen atoms in total. The van der Waals surface area contributed by atoms with E-state index in [2.05, 4.69) is 21.0 Å². The lowest BCUT2D eigenvalue weighted by Crippen LogP contribution is -2.14. The van der Waals surface area contributed by atoms with Crippen LogP contribution in [-0.2, 0) is 6.54 Å². The first-order valence-corrected chi connectivity index (χ1v) is 7.34. The van der Waals surface area contributed by atoms with Crippen molar-refractivity contribution < 1.29 is 0 Å². The number of halogens is 1. The Balaban J connectivity index is 1.74. The van der Waals surface area contributed by atoms with Crippen LogP contribution in [0.15, 0.2) is 30.7 Å².